The Morgan fingerprint density at radius 2 is 2.17 bits per heavy atom. The highest BCUT2D eigenvalue weighted by atomic mass is 32.1. The molecular weight excluding hydrogens is 396 g/mol. The molecular formula is C19H24N4O5S. The molecule has 0 bridgehead atoms. The Hall–Kier alpha value is -2.75. The number of ether oxygens (including phenoxy) is 1. The summed E-state index contributed by atoms with van der Waals surface area (Å²) < 4.78 is 6.54. The zero-order valence-corrected chi connectivity index (χ0v) is 17.5. The number of amides is 1. The number of anilines is 1. The van der Waals surface area contributed by atoms with Gasteiger partial charge in [0.1, 0.15) is 11.2 Å². The first-order chi connectivity index (χ1) is 13.9. The van der Waals surface area contributed by atoms with E-state index in [9.17, 15) is 19.7 Å². The summed E-state index contributed by atoms with van der Waals surface area (Å²) in [6.45, 7) is 6.26. The quantitative estimate of drug-likeness (QED) is 0.413. The Morgan fingerprint density at radius 3 is 2.79 bits per heavy atom. The molecule has 0 spiro atoms. The van der Waals surface area contributed by atoms with E-state index in [4.69, 9.17) is 4.74 Å². The van der Waals surface area contributed by atoms with Gasteiger partial charge in [-0.25, -0.2) is 4.79 Å². The topological polar surface area (TPSA) is 116 Å². The van der Waals surface area contributed by atoms with Gasteiger partial charge >= 0.3 is 11.7 Å². The van der Waals surface area contributed by atoms with Crippen LogP contribution in [0.1, 0.15) is 64.9 Å². The number of nitrogens with zero attached hydrogens (tertiary/aromatic N) is 3. The second-order valence-corrected chi connectivity index (χ2v) is 7.98. The Bertz CT molecular complexity index is 949. The molecule has 2 aromatic rings. The van der Waals surface area contributed by atoms with Gasteiger partial charge in [0.15, 0.2) is 0 Å². The molecule has 0 aliphatic heterocycles. The predicted octanol–water partition coefficient (Wildman–Crippen LogP) is 3.82. The van der Waals surface area contributed by atoms with E-state index in [1.165, 1.54) is 22.2 Å². The number of rotatable bonds is 7. The number of fused-ring (bicyclic) bond motifs is 1. The third-order valence-electron chi connectivity index (χ3n) is 5.13. The Balaban J connectivity index is 1.97. The van der Waals surface area contributed by atoms with Crippen molar-refractivity contribution in [3.63, 3.8) is 0 Å². The molecule has 0 radical (unpaired) electrons. The summed E-state index contributed by atoms with van der Waals surface area (Å²) in [6, 6.07) is 0. The molecule has 1 unspecified atom stereocenters. The Kier molecular flexibility index (Phi) is 6.31. The van der Waals surface area contributed by atoms with Gasteiger partial charge in [-0.2, -0.15) is 5.10 Å². The van der Waals surface area contributed by atoms with Crippen LogP contribution in [-0.2, 0) is 24.1 Å². The summed E-state index contributed by atoms with van der Waals surface area (Å²) in [5, 5.41) is 18.4. The summed E-state index contributed by atoms with van der Waals surface area (Å²) >= 11 is 1.35. The van der Waals surface area contributed by atoms with Crippen LogP contribution in [-0.4, -0.2) is 33.2 Å². The van der Waals surface area contributed by atoms with Crippen LogP contribution in [0.5, 0.6) is 0 Å². The van der Waals surface area contributed by atoms with Gasteiger partial charge < -0.3 is 10.1 Å². The van der Waals surface area contributed by atoms with E-state index < -0.39 is 16.8 Å². The van der Waals surface area contributed by atoms with Crippen LogP contribution in [0.3, 0.4) is 0 Å². The fraction of sp³-hybridized carbons (Fsp3) is 0.526. The Morgan fingerprint density at radius 1 is 1.41 bits per heavy atom. The minimum absolute atomic E-state index is 0.223. The van der Waals surface area contributed by atoms with Gasteiger partial charge in [-0.1, -0.05) is 13.3 Å². The molecule has 10 heteroatoms. The lowest BCUT2D eigenvalue weighted by Crippen LogP contribution is -2.18. The molecule has 9 nitrogen and oxygen atoms in total. The molecule has 1 aliphatic carbocycles. The molecule has 0 fully saturated rings. The minimum Gasteiger partial charge on any atom is -0.462 e. The number of esters is 1. The minimum atomic E-state index is -0.708. The third-order valence-corrected chi connectivity index (χ3v) is 6.30. The van der Waals surface area contributed by atoms with Gasteiger partial charge in [-0.05, 0) is 44.6 Å². The summed E-state index contributed by atoms with van der Waals surface area (Å²) in [4.78, 5) is 37.1. The Labute approximate surface area is 172 Å². The normalized spacial score (nSPS) is 15.6. The lowest BCUT2D eigenvalue weighted by atomic mass is 9.85. The summed E-state index contributed by atoms with van der Waals surface area (Å²) in [5.74, 6) is -0.648. The standard InChI is InChI=1S/C19H24N4O5S/c1-4-11-7-8-12-14(9-11)29-18(15(12)19(25)28-6-3)20-17(24)16-13(23(26)27)10-22(5-2)21-16/h10-11H,4-9H2,1-3H3,(H,20,24). The predicted molar refractivity (Wildman–Crippen MR) is 109 cm³/mol. The first-order valence-corrected chi connectivity index (χ1v) is 10.6. The van der Waals surface area contributed by atoms with Crippen molar-refractivity contribution in [2.45, 2.75) is 53.0 Å². The average Bonchev–Trinajstić information content (AvgIpc) is 3.28. The molecule has 2 aromatic heterocycles. The van der Waals surface area contributed by atoms with Gasteiger partial charge in [0, 0.05) is 11.4 Å². The van der Waals surface area contributed by atoms with E-state index in [1.54, 1.807) is 13.8 Å². The van der Waals surface area contributed by atoms with Crippen molar-refractivity contribution in [1.29, 1.82) is 0 Å². The van der Waals surface area contributed by atoms with Crippen LogP contribution in [0.25, 0.3) is 0 Å². The molecule has 1 N–H and O–H groups in total. The zero-order chi connectivity index (χ0) is 21.1. The second kappa shape index (κ2) is 8.73. The average molecular weight is 420 g/mol. The van der Waals surface area contributed by atoms with Crippen LogP contribution in [0, 0.1) is 16.0 Å². The van der Waals surface area contributed by atoms with E-state index in [2.05, 4.69) is 17.3 Å². The molecule has 1 aliphatic rings. The number of nitro groups is 1. The fourth-order valence-corrected chi connectivity index (χ4v) is 4.89. The molecule has 1 atom stereocenters. The van der Waals surface area contributed by atoms with Crippen LogP contribution >= 0.6 is 11.3 Å². The summed E-state index contributed by atoms with van der Waals surface area (Å²) in [5.41, 5.74) is 0.647. The first kappa shape index (κ1) is 21.0. The van der Waals surface area contributed by atoms with Gasteiger partial charge in [0.05, 0.1) is 17.1 Å². The van der Waals surface area contributed by atoms with Crippen molar-refractivity contribution in [1.82, 2.24) is 9.78 Å². The highest BCUT2D eigenvalue weighted by Gasteiger charge is 2.32. The van der Waals surface area contributed by atoms with E-state index in [0.29, 0.717) is 23.0 Å². The van der Waals surface area contributed by atoms with Gasteiger partial charge in [0.25, 0.3) is 5.91 Å². The van der Waals surface area contributed by atoms with Crippen molar-refractivity contribution in [2.75, 3.05) is 11.9 Å². The van der Waals surface area contributed by atoms with Crippen LogP contribution in [0.2, 0.25) is 0 Å². The number of carbonyl (C=O) groups is 2. The molecule has 156 valence electrons. The number of aryl methyl sites for hydroxylation is 1. The molecule has 2 heterocycles. The van der Waals surface area contributed by atoms with E-state index in [-0.39, 0.29) is 18.0 Å². The third kappa shape index (κ3) is 4.16. The number of carbonyl (C=O) groups excluding carboxylic acids is 2. The number of aromatic nitrogens is 2. The maximum absolute atomic E-state index is 12.8. The maximum Gasteiger partial charge on any atom is 0.341 e. The van der Waals surface area contributed by atoms with E-state index >= 15 is 0 Å². The molecule has 0 saturated carbocycles. The van der Waals surface area contributed by atoms with Crippen molar-refractivity contribution in [3.05, 3.63) is 38.0 Å². The number of hydrogen-bond acceptors (Lipinski definition) is 7. The number of nitrogens with one attached hydrogen (secondary N) is 1. The van der Waals surface area contributed by atoms with Gasteiger partial charge in [-0.15, -0.1) is 11.3 Å². The zero-order valence-electron chi connectivity index (χ0n) is 16.7. The van der Waals surface area contributed by atoms with Gasteiger partial charge in [0.2, 0.25) is 5.69 Å². The SMILES string of the molecule is CCOC(=O)c1c(NC(=O)c2nn(CC)cc2[N+](=O)[O-])sc2c1CCC(CC)C2. The molecule has 0 saturated heterocycles. The van der Waals surface area contributed by atoms with Crippen LogP contribution < -0.4 is 5.32 Å². The fourth-order valence-electron chi connectivity index (χ4n) is 3.54. The monoisotopic (exact) mass is 420 g/mol. The summed E-state index contributed by atoms with van der Waals surface area (Å²) in [6.07, 6.45) is 4.86. The van der Waals surface area contributed by atoms with Crippen LogP contribution in [0.4, 0.5) is 10.7 Å². The van der Waals surface area contributed by atoms with Crippen LogP contribution in [0.15, 0.2) is 6.20 Å². The van der Waals surface area contributed by atoms with Crippen molar-refractivity contribution in [2.24, 2.45) is 5.92 Å². The van der Waals surface area contributed by atoms with E-state index in [1.807, 2.05) is 0 Å². The van der Waals surface area contributed by atoms with Crippen molar-refractivity contribution in [3.8, 4) is 0 Å². The second-order valence-electron chi connectivity index (χ2n) is 6.88. The number of hydrogen-bond donors (Lipinski definition) is 1. The summed E-state index contributed by atoms with van der Waals surface area (Å²) in [7, 11) is 0. The number of thiophene rings is 1. The smallest absolute Gasteiger partial charge is 0.341 e. The molecule has 29 heavy (non-hydrogen) atoms. The van der Waals surface area contributed by atoms with Crippen molar-refractivity contribution >= 4 is 33.9 Å². The van der Waals surface area contributed by atoms with Crippen molar-refractivity contribution < 1.29 is 19.2 Å². The first-order valence-electron chi connectivity index (χ1n) is 9.74. The van der Waals surface area contributed by atoms with Gasteiger partial charge in [-0.3, -0.25) is 19.6 Å². The van der Waals surface area contributed by atoms with E-state index in [0.717, 1.165) is 36.1 Å². The molecule has 0 aromatic carbocycles. The lowest BCUT2D eigenvalue weighted by molar-refractivity contribution is -0.385. The molecule has 3 rings (SSSR count). The maximum atomic E-state index is 12.8. The highest BCUT2D eigenvalue weighted by Crippen LogP contribution is 2.41. The lowest BCUT2D eigenvalue weighted by Gasteiger charge is -2.20. The largest absolute Gasteiger partial charge is 0.462 e. The molecule has 1 amide bonds. The highest BCUT2D eigenvalue weighted by molar-refractivity contribution is 7.17.